The molecule has 0 aliphatic rings. The van der Waals surface area contributed by atoms with Crippen LogP contribution in [0.5, 0.6) is 5.75 Å². The minimum absolute atomic E-state index is 0.0863. The highest BCUT2D eigenvalue weighted by Crippen LogP contribution is 2.26. The molecule has 5 nitrogen and oxygen atoms in total. The molecular weight excluding hydrogens is 302 g/mol. The van der Waals surface area contributed by atoms with Crippen molar-refractivity contribution in [3.05, 3.63) is 35.4 Å². The summed E-state index contributed by atoms with van der Waals surface area (Å²) in [5.41, 5.74) is 0.884. The lowest BCUT2D eigenvalue weighted by molar-refractivity contribution is 0.162. The quantitative estimate of drug-likeness (QED) is 0.589. The van der Waals surface area contributed by atoms with Crippen molar-refractivity contribution >= 4 is 21.6 Å². The monoisotopic (exact) mass is 319 g/mol. The Kier molecular flexibility index (Phi) is 6.48. The zero-order valence-electron chi connectivity index (χ0n) is 11.5. The van der Waals surface area contributed by atoms with Gasteiger partial charge < -0.3 is 9.47 Å². The smallest absolute Gasteiger partial charge is 0.240 e. The van der Waals surface area contributed by atoms with E-state index in [1.54, 1.807) is 0 Å². The fourth-order valence-electron chi connectivity index (χ4n) is 1.39. The third-order valence-corrected chi connectivity index (χ3v) is 4.07. The van der Waals surface area contributed by atoms with Gasteiger partial charge >= 0.3 is 0 Å². The molecule has 0 saturated heterocycles. The van der Waals surface area contributed by atoms with Gasteiger partial charge in [-0.3, -0.25) is 0 Å². The van der Waals surface area contributed by atoms with Gasteiger partial charge in [0.1, 0.15) is 5.75 Å². The third kappa shape index (κ3) is 5.13. The van der Waals surface area contributed by atoms with Crippen LogP contribution in [0.2, 0.25) is 5.02 Å². The lowest BCUT2D eigenvalue weighted by Crippen LogP contribution is -2.27. The Morgan fingerprint density at radius 2 is 2.15 bits per heavy atom. The van der Waals surface area contributed by atoms with Crippen molar-refractivity contribution in [1.29, 1.82) is 0 Å². The van der Waals surface area contributed by atoms with Crippen molar-refractivity contribution < 1.29 is 17.9 Å². The predicted octanol–water partition coefficient (Wildman–Crippen LogP) is 2.22. The highest BCUT2D eigenvalue weighted by atomic mass is 35.5. The van der Waals surface area contributed by atoms with E-state index < -0.39 is 10.0 Å². The van der Waals surface area contributed by atoms with Crippen LogP contribution >= 0.6 is 11.6 Å². The lowest BCUT2D eigenvalue weighted by atomic mass is 10.3. The molecule has 1 aromatic rings. The van der Waals surface area contributed by atoms with E-state index in [2.05, 4.69) is 11.3 Å². The molecule has 0 heterocycles. The average molecular weight is 320 g/mol. The summed E-state index contributed by atoms with van der Waals surface area (Å²) in [7, 11) is -2.14. The molecule has 112 valence electrons. The summed E-state index contributed by atoms with van der Waals surface area (Å²) in [4.78, 5) is 0.0863. The van der Waals surface area contributed by atoms with Crippen molar-refractivity contribution in [1.82, 2.24) is 4.72 Å². The molecule has 0 aliphatic carbocycles. The normalized spacial score (nSPS) is 11.3. The Balaban J connectivity index is 2.60. The first kappa shape index (κ1) is 17.0. The second-order valence-electron chi connectivity index (χ2n) is 4.20. The second kappa shape index (κ2) is 7.64. The van der Waals surface area contributed by atoms with Gasteiger partial charge in [-0.15, -0.1) is 0 Å². The summed E-state index contributed by atoms with van der Waals surface area (Å²) < 4.78 is 36.6. The minimum atomic E-state index is -3.60. The van der Waals surface area contributed by atoms with E-state index in [1.807, 2.05) is 6.92 Å². The number of ether oxygens (including phenoxy) is 2. The molecule has 0 unspecified atom stereocenters. The van der Waals surface area contributed by atoms with E-state index >= 15 is 0 Å². The van der Waals surface area contributed by atoms with E-state index in [0.29, 0.717) is 12.4 Å². The maximum Gasteiger partial charge on any atom is 0.240 e. The first-order valence-electron chi connectivity index (χ1n) is 5.92. The highest BCUT2D eigenvalue weighted by Gasteiger charge is 2.15. The minimum Gasteiger partial charge on any atom is -0.495 e. The lowest BCUT2D eigenvalue weighted by Gasteiger charge is -2.09. The molecule has 0 aromatic heterocycles. The van der Waals surface area contributed by atoms with Crippen LogP contribution < -0.4 is 9.46 Å². The average Bonchev–Trinajstić information content (AvgIpc) is 2.37. The van der Waals surface area contributed by atoms with Gasteiger partial charge in [-0.25, -0.2) is 13.1 Å². The van der Waals surface area contributed by atoms with Crippen molar-refractivity contribution in [2.75, 3.05) is 26.9 Å². The van der Waals surface area contributed by atoms with E-state index in [1.165, 1.54) is 25.3 Å². The highest BCUT2D eigenvalue weighted by molar-refractivity contribution is 7.89. The fraction of sp³-hybridized carbons (Fsp3) is 0.385. The third-order valence-electron chi connectivity index (χ3n) is 2.32. The molecule has 0 spiro atoms. The Hall–Kier alpha value is -1.08. The van der Waals surface area contributed by atoms with Gasteiger partial charge in [0, 0.05) is 6.54 Å². The summed E-state index contributed by atoms with van der Waals surface area (Å²) in [5.74, 6) is 0.426. The molecule has 7 heteroatoms. The molecule has 20 heavy (non-hydrogen) atoms. The van der Waals surface area contributed by atoms with Crippen molar-refractivity contribution in [3.8, 4) is 5.75 Å². The Morgan fingerprint density at radius 1 is 1.45 bits per heavy atom. The van der Waals surface area contributed by atoms with Crippen molar-refractivity contribution in [2.24, 2.45) is 0 Å². The summed E-state index contributed by atoms with van der Waals surface area (Å²) in [5, 5.41) is 0.244. The molecule has 0 fully saturated rings. The van der Waals surface area contributed by atoms with Crippen LogP contribution in [0, 0.1) is 0 Å². The summed E-state index contributed by atoms with van der Waals surface area (Å²) in [6.07, 6.45) is 0. The molecule has 0 radical (unpaired) electrons. The van der Waals surface area contributed by atoms with Crippen molar-refractivity contribution in [3.63, 3.8) is 0 Å². The number of rotatable bonds is 8. The van der Waals surface area contributed by atoms with Crippen LogP contribution in [0.1, 0.15) is 6.92 Å². The maximum atomic E-state index is 12.0. The van der Waals surface area contributed by atoms with E-state index in [-0.39, 0.29) is 23.1 Å². The van der Waals surface area contributed by atoms with Gasteiger partial charge in [0.05, 0.1) is 30.2 Å². The van der Waals surface area contributed by atoms with Crippen LogP contribution in [-0.2, 0) is 14.8 Å². The number of nitrogens with one attached hydrogen (secondary N) is 1. The number of hydrogen-bond acceptors (Lipinski definition) is 4. The van der Waals surface area contributed by atoms with Crippen LogP contribution in [0.4, 0.5) is 0 Å². The largest absolute Gasteiger partial charge is 0.495 e. The number of benzene rings is 1. The zero-order chi connectivity index (χ0) is 15.2. The first-order valence-corrected chi connectivity index (χ1v) is 7.78. The van der Waals surface area contributed by atoms with E-state index in [9.17, 15) is 8.42 Å². The van der Waals surface area contributed by atoms with E-state index in [4.69, 9.17) is 21.1 Å². The Labute approximate surface area is 124 Å². The summed E-state index contributed by atoms with van der Waals surface area (Å²) in [6, 6.07) is 4.29. The fourth-order valence-corrected chi connectivity index (χ4v) is 2.75. The van der Waals surface area contributed by atoms with Gasteiger partial charge in [0.2, 0.25) is 10.0 Å². The molecule has 0 amide bonds. The predicted molar refractivity (Wildman–Crippen MR) is 78.8 cm³/mol. The molecule has 0 bridgehead atoms. The van der Waals surface area contributed by atoms with Gasteiger partial charge in [-0.1, -0.05) is 23.8 Å². The van der Waals surface area contributed by atoms with Gasteiger partial charge in [0.15, 0.2) is 0 Å². The number of hydrogen-bond donors (Lipinski definition) is 1. The molecule has 1 N–H and O–H groups in total. The van der Waals surface area contributed by atoms with Crippen LogP contribution in [0.15, 0.2) is 35.2 Å². The van der Waals surface area contributed by atoms with Crippen molar-refractivity contribution in [2.45, 2.75) is 11.8 Å². The number of sulfonamides is 1. The van der Waals surface area contributed by atoms with Crippen LogP contribution in [0.3, 0.4) is 0 Å². The number of halogens is 1. The van der Waals surface area contributed by atoms with Crippen LogP contribution in [0.25, 0.3) is 0 Å². The molecule has 1 aromatic carbocycles. The molecular formula is C13H18ClNO4S. The Bertz CT molecular complexity index is 572. The molecule has 1 rings (SSSR count). The Morgan fingerprint density at radius 3 is 2.70 bits per heavy atom. The summed E-state index contributed by atoms with van der Waals surface area (Å²) >= 11 is 5.90. The molecule has 0 aliphatic heterocycles. The first-order chi connectivity index (χ1) is 9.36. The second-order valence-corrected chi connectivity index (χ2v) is 6.38. The summed E-state index contributed by atoms with van der Waals surface area (Å²) in [6.45, 7) is 6.39. The van der Waals surface area contributed by atoms with Gasteiger partial charge in [-0.05, 0) is 25.1 Å². The van der Waals surface area contributed by atoms with Crippen LogP contribution in [-0.4, -0.2) is 35.3 Å². The topological polar surface area (TPSA) is 64.6 Å². The standard InChI is InChI=1S/C13H18ClNO4S/c1-10(2)9-19-7-6-15-20(16,17)11-4-5-13(18-3)12(14)8-11/h4-5,8,15H,1,6-7,9H2,2-3H3. The zero-order valence-corrected chi connectivity index (χ0v) is 13.1. The molecule has 0 atom stereocenters. The number of methoxy groups -OCH3 is 1. The van der Waals surface area contributed by atoms with Gasteiger partial charge in [-0.2, -0.15) is 0 Å². The SMILES string of the molecule is C=C(C)COCCNS(=O)(=O)c1ccc(OC)c(Cl)c1. The molecule has 0 saturated carbocycles. The van der Waals surface area contributed by atoms with E-state index in [0.717, 1.165) is 5.57 Å². The van der Waals surface area contributed by atoms with Gasteiger partial charge in [0.25, 0.3) is 0 Å². The maximum absolute atomic E-state index is 12.0.